The van der Waals surface area contributed by atoms with Gasteiger partial charge in [-0.3, -0.25) is 9.69 Å². The monoisotopic (exact) mass is 379 g/mol. The van der Waals surface area contributed by atoms with Crippen LogP contribution in [-0.2, 0) is 24.2 Å². The van der Waals surface area contributed by atoms with Gasteiger partial charge in [0.15, 0.2) is 0 Å². The summed E-state index contributed by atoms with van der Waals surface area (Å²) in [7, 11) is 0. The third-order valence-electron chi connectivity index (χ3n) is 5.28. The molecule has 2 aliphatic rings. The summed E-state index contributed by atoms with van der Waals surface area (Å²) in [6.07, 6.45) is 3.44. The van der Waals surface area contributed by atoms with Gasteiger partial charge in [0.05, 0.1) is 17.1 Å². The van der Waals surface area contributed by atoms with E-state index in [2.05, 4.69) is 16.4 Å². The first-order valence-electron chi connectivity index (χ1n) is 8.84. The first kappa shape index (κ1) is 16.3. The predicted octanol–water partition coefficient (Wildman–Crippen LogP) is 3.38. The molecule has 136 valence electrons. The number of benzene rings is 1. The Morgan fingerprint density at radius 2 is 2.04 bits per heavy atom. The minimum Gasteiger partial charge on any atom is -0.443 e. The van der Waals surface area contributed by atoms with Crippen molar-refractivity contribution in [3.63, 3.8) is 0 Å². The van der Waals surface area contributed by atoms with Crippen LogP contribution in [0, 0.1) is 0 Å². The summed E-state index contributed by atoms with van der Waals surface area (Å²) in [6, 6.07) is 11.6. The number of carbonyl (C=O) groups is 2. The number of nitrogens with one attached hydrogen (secondary N) is 1. The number of urea groups is 1. The number of amides is 3. The minimum absolute atomic E-state index is 0.114. The van der Waals surface area contributed by atoms with Crippen molar-refractivity contribution in [3.8, 4) is 10.8 Å². The SMILES string of the molecule is O=C1NC2(CCc3ccccc3C2)C(=O)N1Cc1coc(-c2cccs2)n1. The van der Waals surface area contributed by atoms with Crippen LogP contribution in [0.5, 0.6) is 0 Å². The van der Waals surface area contributed by atoms with Gasteiger partial charge in [-0.05, 0) is 35.4 Å². The van der Waals surface area contributed by atoms with Crippen LogP contribution in [-0.4, -0.2) is 27.4 Å². The van der Waals surface area contributed by atoms with Gasteiger partial charge in [0.25, 0.3) is 5.91 Å². The zero-order chi connectivity index (χ0) is 18.4. The quantitative estimate of drug-likeness (QED) is 0.708. The standard InChI is InChI=1S/C20H17N3O3S/c24-18-20(8-7-13-4-1-2-5-14(13)10-20)22-19(25)23(18)11-15-12-26-17(21-15)16-6-3-9-27-16/h1-6,9,12H,7-8,10-11H2,(H,22,25). The molecule has 3 amide bonds. The van der Waals surface area contributed by atoms with E-state index in [1.54, 1.807) is 0 Å². The molecule has 2 aromatic heterocycles. The van der Waals surface area contributed by atoms with Gasteiger partial charge in [-0.2, -0.15) is 0 Å². The Morgan fingerprint density at radius 3 is 2.85 bits per heavy atom. The van der Waals surface area contributed by atoms with Crippen molar-refractivity contribution < 1.29 is 14.0 Å². The van der Waals surface area contributed by atoms with Crippen molar-refractivity contribution >= 4 is 23.3 Å². The van der Waals surface area contributed by atoms with E-state index in [1.165, 1.54) is 28.1 Å². The Bertz CT molecular complexity index is 1030. The molecule has 1 atom stereocenters. The number of thiophene rings is 1. The van der Waals surface area contributed by atoms with E-state index in [9.17, 15) is 9.59 Å². The molecule has 0 bridgehead atoms. The molecule has 1 fully saturated rings. The normalized spacial score (nSPS) is 21.6. The van der Waals surface area contributed by atoms with Crippen LogP contribution in [0.15, 0.2) is 52.5 Å². The van der Waals surface area contributed by atoms with E-state index in [0.29, 0.717) is 24.4 Å². The molecule has 3 aromatic rings. The minimum atomic E-state index is -0.842. The van der Waals surface area contributed by atoms with Gasteiger partial charge in [-0.25, -0.2) is 9.78 Å². The molecule has 27 heavy (non-hydrogen) atoms. The third kappa shape index (κ3) is 2.66. The van der Waals surface area contributed by atoms with Crippen LogP contribution in [0.2, 0.25) is 0 Å². The second kappa shape index (κ2) is 6.06. The van der Waals surface area contributed by atoms with Crippen molar-refractivity contribution in [2.24, 2.45) is 0 Å². The second-order valence-electron chi connectivity index (χ2n) is 6.97. The van der Waals surface area contributed by atoms with Gasteiger partial charge in [0, 0.05) is 6.42 Å². The maximum absolute atomic E-state index is 13.1. The van der Waals surface area contributed by atoms with E-state index in [-0.39, 0.29) is 18.5 Å². The molecule has 1 aliphatic heterocycles. The Balaban J connectivity index is 1.38. The van der Waals surface area contributed by atoms with Gasteiger partial charge >= 0.3 is 6.03 Å². The Labute approximate surface area is 159 Å². The third-order valence-corrected chi connectivity index (χ3v) is 6.14. The maximum atomic E-state index is 13.1. The number of hydrogen-bond donors (Lipinski definition) is 1. The largest absolute Gasteiger partial charge is 0.443 e. The van der Waals surface area contributed by atoms with Crippen molar-refractivity contribution in [3.05, 3.63) is 64.9 Å². The van der Waals surface area contributed by atoms with Crippen LogP contribution < -0.4 is 5.32 Å². The smallest absolute Gasteiger partial charge is 0.325 e. The molecule has 6 nitrogen and oxygen atoms in total. The highest BCUT2D eigenvalue weighted by Gasteiger charge is 2.52. The molecule has 1 saturated heterocycles. The molecular formula is C20H17N3O3S. The number of imide groups is 1. The number of aromatic nitrogens is 1. The molecule has 1 spiro atoms. The van der Waals surface area contributed by atoms with E-state index in [1.807, 2.05) is 35.7 Å². The Morgan fingerprint density at radius 1 is 1.19 bits per heavy atom. The topological polar surface area (TPSA) is 75.4 Å². The number of rotatable bonds is 3. The van der Waals surface area contributed by atoms with Crippen LogP contribution in [0.25, 0.3) is 10.8 Å². The number of oxazole rings is 1. The summed E-state index contributed by atoms with van der Waals surface area (Å²) in [6.45, 7) is 0.114. The van der Waals surface area contributed by atoms with Crippen LogP contribution in [0.4, 0.5) is 4.79 Å². The lowest BCUT2D eigenvalue weighted by Crippen LogP contribution is -2.51. The van der Waals surface area contributed by atoms with Gasteiger partial charge in [0.2, 0.25) is 5.89 Å². The van der Waals surface area contributed by atoms with E-state index < -0.39 is 5.54 Å². The van der Waals surface area contributed by atoms with Gasteiger partial charge < -0.3 is 9.73 Å². The van der Waals surface area contributed by atoms with Crippen molar-refractivity contribution in [2.45, 2.75) is 31.3 Å². The zero-order valence-corrected chi connectivity index (χ0v) is 15.3. The number of nitrogens with zero attached hydrogens (tertiary/aromatic N) is 2. The molecule has 7 heteroatoms. The molecule has 3 heterocycles. The first-order chi connectivity index (χ1) is 13.1. The van der Waals surface area contributed by atoms with Crippen molar-refractivity contribution in [1.82, 2.24) is 15.2 Å². The van der Waals surface area contributed by atoms with Crippen molar-refractivity contribution in [2.75, 3.05) is 0 Å². The summed E-state index contributed by atoms with van der Waals surface area (Å²) in [5.41, 5.74) is 2.10. The summed E-state index contributed by atoms with van der Waals surface area (Å²) in [5, 5.41) is 4.89. The van der Waals surface area contributed by atoms with Crippen LogP contribution in [0.1, 0.15) is 23.2 Å². The molecule has 1 unspecified atom stereocenters. The van der Waals surface area contributed by atoms with E-state index >= 15 is 0 Å². The molecule has 0 saturated carbocycles. The summed E-state index contributed by atoms with van der Waals surface area (Å²) in [4.78, 5) is 32.3. The first-order valence-corrected chi connectivity index (χ1v) is 9.72. The second-order valence-corrected chi connectivity index (χ2v) is 7.92. The highest BCUT2D eigenvalue weighted by molar-refractivity contribution is 7.13. The predicted molar refractivity (Wildman–Crippen MR) is 100 cm³/mol. The molecule has 1 N–H and O–H groups in total. The molecule has 5 rings (SSSR count). The fourth-order valence-corrected chi connectivity index (χ4v) is 4.55. The van der Waals surface area contributed by atoms with Gasteiger partial charge in [-0.15, -0.1) is 11.3 Å². The molecule has 0 radical (unpaired) electrons. The number of carbonyl (C=O) groups excluding carboxylic acids is 2. The summed E-state index contributed by atoms with van der Waals surface area (Å²) >= 11 is 1.53. The number of hydrogen-bond acceptors (Lipinski definition) is 5. The highest BCUT2D eigenvalue weighted by Crippen LogP contribution is 2.34. The van der Waals surface area contributed by atoms with E-state index in [4.69, 9.17) is 4.42 Å². The fourth-order valence-electron chi connectivity index (χ4n) is 3.90. The number of aryl methyl sites for hydroxylation is 1. The Kier molecular flexibility index (Phi) is 3.65. The van der Waals surface area contributed by atoms with Crippen molar-refractivity contribution in [1.29, 1.82) is 0 Å². The summed E-state index contributed by atoms with van der Waals surface area (Å²) < 4.78 is 5.50. The molecular weight excluding hydrogens is 362 g/mol. The fraction of sp³-hybridized carbons (Fsp3) is 0.250. The lowest BCUT2D eigenvalue weighted by molar-refractivity contribution is -0.132. The summed E-state index contributed by atoms with van der Waals surface area (Å²) in [5.74, 6) is 0.330. The molecule has 1 aromatic carbocycles. The number of fused-ring (bicyclic) bond motifs is 1. The average molecular weight is 379 g/mol. The van der Waals surface area contributed by atoms with E-state index in [0.717, 1.165) is 16.9 Å². The van der Waals surface area contributed by atoms with Gasteiger partial charge in [0.1, 0.15) is 11.8 Å². The average Bonchev–Trinajstić information content (AvgIpc) is 3.40. The zero-order valence-electron chi connectivity index (χ0n) is 14.5. The highest BCUT2D eigenvalue weighted by atomic mass is 32.1. The van der Waals surface area contributed by atoms with Gasteiger partial charge in [-0.1, -0.05) is 30.3 Å². The lowest BCUT2D eigenvalue weighted by Gasteiger charge is -2.32. The molecule has 1 aliphatic carbocycles. The Hall–Kier alpha value is -2.93. The lowest BCUT2D eigenvalue weighted by atomic mass is 9.78. The van der Waals surface area contributed by atoms with Crippen LogP contribution >= 0.6 is 11.3 Å². The van der Waals surface area contributed by atoms with Crippen LogP contribution in [0.3, 0.4) is 0 Å². The maximum Gasteiger partial charge on any atom is 0.325 e.